The maximum Gasteiger partial charge on any atom is 0.416 e. The molecule has 1 atom stereocenters. The van der Waals surface area contributed by atoms with Crippen molar-refractivity contribution < 1.29 is 22.7 Å². The number of rotatable bonds is 3. The smallest absolute Gasteiger partial charge is 0.381 e. The lowest BCUT2D eigenvalue weighted by Crippen LogP contribution is -2.56. The van der Waals surface area contributed by atoms with Gasteiger partial charge in [0.2, 0.25) is 5.91 Å². The quantitative estimate of drug-likeness (QED) is 0.807. The van der Waals surface area contributed by atoms with Gasteiger partial charge in [-0.3, -0.25) is 4.79 Å². The molecule has 2 aliphatic heterocycles. The summed E-state index contributed by atoms with van der Waals surface area (Å²) in [4.78, 5) is 21.0. The van der Waals surface area contributed by atoms with Crippen LogP contribution in [0.3, 0.4) is 0 Å². The molecule has 6 nitrogen and oxygen atoms in total. The van der Waals surface area contributed by atoms with E-state index in [9.17, 15) is 18.0 Å². The molecule has 0 aliphatic carbocycles. The predicted molar refractivity (Wildman–Crippen MR) is 108 cm³/mol. The van der Waals surface area contributed by atoms with Gasteiger partial charge >= 0.3 is 6.18 Å². The van der Waals surface area contributed by atoms with Gasteiger partial charge in [0.15, 0.2) is 5.82 Å². The number of carbonyl (C=O) groups excluding carboxylic acids is 1. The Labute approximate surface area is 172 Å². The second kappa shape index (κ2) is 7.79. The molecule has 3 heterocycles. The number of nitrogens with zero attached hydrogens (tertiary/aromatic N) is 3. The Morgan fingerprint density at radius 3 is 2.60 bits per heavy atom. The van der Waals surface area contributed by atoms with Crippen LogP contribution in [-0.2, 0) is 15.7 Å². The van der Waals surface area contributed by atoms with E-state index in [2.05, 4.69) is 5.32 Å². The van der Waals surface area contributed by atoms with Crippen LogP contribution >= 0.6 is 0 Å². The lowest BCUT2D eigenvalue weighted by atomic mass is 10.0. The highest BCUT2D eigenvalue weighted by molar-refractivity contribution is 6.04. The summed E-state index contributed by atoms with van der Waals surface area (Å²) in [6, 6.07) is 8.16. The number of pyridine rings is 1. The van der Waals surface area contributed by atoms with Gasteiger partial charge in [-0.15, -0.1) is 0 Å². The molecule has 0 unspecified atom stereocenters. The fourth-order valence-electron chi connectivity index (χ4n) is 4.04. The number of hydrogen-bond donors (Lipinski definition) is 1. The first-order valence-corrected chi connectivity index (χ1v) is 9.84. The fraction of sp³-hybridized carbons (Fsp3) is 0.429. The molecule has 0 radical (unpaired) electrons. The molecule has 2 aromatic rings. The van der Waals surface area contributed by atoms with Gasteiger partial charge in [0.25, 0.3) is 0 Å². The highest BCUT2D eigenvalue weighted by Gasteiger charge is 2.39. The van der Waals surface area contributed by atoms with Crippen molar-refractivity contribution >= 4 is 28.9 Å². The molecule has 1 aromatic carbocycles. The zero-order valence-electron chi connectivity index (χ0n) is 16.7. The summed E-state index contributed by atoms with van der Waals surface area (Å²) in [6.07, 6.45) is -2.85. The number of alkyl halides is 3. The monoisotopic (exact) mass is 420 g/mol. The number of benzene rings is 1. The van der Waals surface area contributed by atoms with Crippen molar-refractivity contribution in [1.29, 1.82) is 0 Å². The van der Waals surface area contributed by atoms with E-state index in [4.69, 9.17) is 9.72 Å². The van der Waals surface area contributed by atoms with Crippen LogP contribution in [0.2, 0.25) is 0 Å². The highest BCUT2D eigenvalue weighted by atomic mass is 19.4. The van der Waals surface area contributed by atoms with Gasteiger partial charge < -0.3 is 19.9 Å². The minimum atomic E-state index is -4.42. The normalized spacial score (nSPS) is 20.3. The van der Waals surface area contributed by atoms with Crippen LogP contribution in [0.1, 0.15) is 25.3 Å². The Kier molecular flexibility index (Phi) is 5.31. The number of likely N-dealkylation sites (N-methyl/N-ethyl adjacent to an activating group) is 1. The third-order valence-corrected chi connectivity index (χ3v) is 5.61. The molecule has 1 N–H and O–H groups in total. The summed E-state index contributed by atoms with van der Waals surface area (Å²) in [6.45, 7) is 3.09. The largest absolute Gasteiger partial charge is 0.416 e. The molecule has 2 aliphatic rings. The predicted octanol–water partition coefficient (Wildman–Crippen LogP) is 4.19. The molecule has 0 spiro atoms. The third kappa shape index (κ3) is 3.81. The van der Waals surface area contributed by atoms with Crippen molar-refractivity contribution in [3.05, 3.63) is 42.0 Å². The summed E-state index contributed by atoms with van der Waals surface area (Å²) in [5, 5.41) is 2.96. The molecular formula is C21H23F3N4O2. The Morgan fingerprint density at radius 2 is 1.90 bits per heavy atom. The highest BCUT2D eigenvalue weighted by Crippen LogP contribution is 2.38. The topological polar surface area (TPSA) is 57.7 Å². The van der Waals surface area contributed by atoms with Gasteiger partial charge in [0.1, 0.15) is 11.9 Å². The number of hydrogen-bond acceptors (Lipinski definition) is 5. The van der Waals surface area contributed by atoms with Crippen molar-refractivity contribution in [3.8, 4) is 0 Å². The number of carbonyl (C=O) groups is 1. The number of anilines is 4. The van der Waals surface area contributed by atoms with E-state index in [0.717, 1.165) is 25.0 Å². The maximum atomic E-state index is 13.0. The Hall–Kier alpha value is -2.81. The van der Waals surface area contributed by atoms with E-state index in [1.165, 1.54) is 6.07 Å². The number of aromatic nitrogens is 1. The van der Waals surface area contributed by atoms with Crippen molar-refractivity contribution in [3.63, 3.8) is 0 Å². The van der Waals surface area contributed by atoms with Gasteiger partial charge in [-0.1, -0.05) is 6.07 Å². The summed E-state index contributed by atoms with van der Waals surface area (Å²) < 4.78 is 44.5. The molecule has 1 aromatic heterocycles. The Bertz CT molecular complexity index is 944. The minimum absolute atomic E-state index is 0.0191. The first-order chi connectivity index (χ1) is 14.3. The number of nitrogens with one attached hydrogen (secondary N) is 1. The molecule has 0 bridgehead atoms. The average molecular weight is 420 g/mol. The van der Waals surface area contributed by atoms with Crippen LogP contribution in [0.4, 0.5) is 36.2 Å². The van der Waals surface area contributed by atoms with Gasteiger partial charge in [-0.05, 0) is 50.1 Å². The van der Waals surface area contributed by atoms with E-state index < -0.39 is 11.7 Å². The SMILES string of the molecule is C[C@@H]1C(=O)N(C)c2ccc(Nc3cccc(C(F)(F)F)c3)nc2N1C1CCOCC1. The van der Waals surface area contributed by atoms with E-state index >= 15 is 0 Å². The maximum absolute atomic E-state index is 13.0. The van der Waals surface area contributed by atoms with Crippen LogP contribution in [0.5, 0.6) is 0 Å². The van der Waals surface area contributed by atoms with E-state index in [0.29, 0.717) is 36.2 Å². The molecule has 1 saturated heterocycles. The van der Waals surface area contributed by atoms with Gasteiger partial charge in [0, 0.05) is 32.0 Å². The second-order valence-corrected chi connectivity index (χ2v) is 7.57. The molecule has 1 fully saturated rings. The van der Waals surface area contributed by atoms with Crippen LogP contribution in [0.25, 0.3) is 0 Å². The van der Waals surface area contributed by atoms with Gasteiger partial charge in [0.05, 0.1) is 11.3 Å². The summed E-state index contributed by atoms with van der Waals surface area (Å²) in [5.74, 6) is 1.04. The number of amides is 1. The van der Waals surface area contributed by atoms with Crippen molar-refractivity contribution in [2.45, 2.75) is 38.0 Å². The first kappa shape index (κ1) is 20.5. The molecule has 4 rings (SSSR count). The first-order valence-electron chi connectivity index (χ1n) is 9.84. The van der Waals surface area contributed by atoms with Gasteiger partial charge in [-0.2, -0.15) is 13.2 Å². The zero-order valence-corrected chi connectivity index (χ0v) is 16.7. The summed E-state index contributed by atoms with van der Waals surface area (Å²) in [7, 11) is 1.71. The molecule has 30 heavy (non-hydrogen) atoms. The van der Waals surface area contributed by atoms with E-state index in [1.54, 1.807) is 30.1 Å². The number of fused-ring (bicyclic) bond motifs is 1. The second-order valence-electron chi connectivity index (χ2n) is 7.57. The van der Waals surface area contributed by atoms with Crippen molar-refractivity contribution in [2.24, 2.45) is 0 Å². The minimum Gasteiger partial charge on any atom is -0.381 e. The molecule has 0 saturated carbocycles. The number of halogens is 3. The van der Waals surface area contributed by atoms with Crippen LogP contribution < -0.4 is 15.1 Å². The number of ether oxygens (including phenoxy) is 1. The van der Waals surface area contributed by atoms with Crippen LogP contribution in [-0.4, -0.2) is 43.2 Å². The molecule has 9 heteroatoms. The Balaban J connectivity index is 1.68. The Morgan fingerprint density at radius 1 is 1.17 bits per heavy atom. The van der Waals surface area contributed by atoms with Crippen molar-refractivity contribution in [2.75, 3.05) is 35.4 Å². The average Bonchev–Trinajstić information content (AvgIpc) is 2.73. The standard InChI is InChI=1S/C21H23F3N4O2/c1-13-20(29)27(2)17-6-7-18(25-15-5-3-4-14(12-15)21(22,23)24)26-19(17)28(13)16-8-10-30-11-9-16/h3-7,12-13,16H,8-11H2,1-2H3,(H,25,26)/t13-/m1/s1. The fourth-order valence-corrected chi connectivity index (χ4v) is 4.04. The lowest BCUT2D eigenvalue weighted by molar-refractivity contribution is -0.137. The molecular weight excluding hydrogens is 397 g/mol. The van der Waals surface area contributed by atoms with Crippen LogP contribution in [0, 0.1) is 0 Å². The third-order valence-electron chi connectivity index (χ3n) is 5.61. The van der Waals surface area contributed by atoms with E-state index in [-0.39, 0.29) is 18.0 Å². The van der Waals surface area contributed by atoms with Gasteiger partial charge in [-0.25, -0.2) is 4.98 Å². The molecule has 1 amide bonds. The van der Waals surface area contributed by atoms with Crippen LogP contribution in [0.15, 0.2) is 36.4 Å². The summed E-state index contributed by atoms with van der Waals surface area (Å²) in [5.41, 5.74) is 0.246. The van der Waals surface area contributed by atoms with E-state index in [1.807, 2.05) is 11.8 Å². The molecule has 160 valence electrons. The zero-order chi connectivity index (χ0) is 21.5. The summed E-state index contributed by atoms with van der Waals surface area (Å²) >= 11 is 0. The lowest BCUT2D eigenvalue weighted by Gasteiger charge is -2.44. The van der Waals surface area contributed by atoms with Crippen molar-refractivity contribution in [1.82, 2.24) is 4.98 Å².